The van der Waals surface area contributed by atoms with Crippen LogP contribution >= 0.6 is 0 Å². The molecule has 0 amide bonds. The van der Waals surface area contributed by atoms with Gasteiger partial charge in [-0.25, -0.2) is 0 Å². The molecule has 0 heterocycles. The predicted octanol–water partition coefficient (Wildman–Crippen LogP) is 0.589. The van der Waals surface area contributed by atoms with Gasteiger partial charge in [0.1, 0.15) is 0 Å². The quantitative estimate of drug-likeness (QED) is 0.432. The molecule has 0 rings (SSSR count). The third kappa shape index (κ3) is 3.33. The first-order valence-electron chi connectivity index (χ1n) is 2.45. The van der Waals surface area contributed by atoms with Crippen molar-refractivity contribution in [3.63, 3.8) is 0 Å². The minimum atomic E-state index is -0.331. The Labute approximate surface area is 48.2 Å². The maximum atomic E-state index is 10.3. The van der Waals surface area contributed by atoms with Crippen molar-refractivity contribution in [2.75, 3.05) is 6.61 Å². The van der Waals surface area contributed by atoms with E-state index in [1.807, 2.05) is 0 Å². The molecule has 0 saturated carbocycles. The van der Waals surface area contributed by atoms with Crippen molar-refractivity contribution in [3.8, 4) is 0 Å². The van der Waals surface area contributed by atoms with Gasteiger partial charge < -0.3 is 10.1 Å². The van der Waals surface area contributed by atoms with Gasteiger partial charge in [0.25, 0.3) is 0 Å². The average Bonchev–Trinajstić information content (AvgIpc) is 1.68. The van der Waals surface area contributed by atoms with E-state index in [4.69, 9.17) is 5.41 Å². The average molecular weight is 115 g/mol. The van der Waals surface area contributed by atoms with E-state index < -0.39 is 0 Å². The predicted molar refractivity (Wildman–Crippen MR) is 30.0 cm³/mol. The summed E-state index contributed by atoms with van der Waals surface area (Å²) in [4.78, 5) is 10.3. The topological polar surface area (TPSA) is 50.2 Å². The Balaban J connectivity index is 3.18. The van der Waals surface area contributed by atoms with E-state index in [1.54, 1.807) is 6.92 Å². The molecular weight excluding hydrogens is 106 g/mol. The van der Waals surface area contributed by atoms with Gasteiger partial charge in [0.05, 0.1) is 13.0 Å². The minimum absolute atomic E-state index is 0.0911. The van der Waals surface area contributed by atoms with Crippen LogP contribution in [-0.4, -0.2) is 18.8 Å². The van der Waals surface area contributed by atoms with Crippen LogP contribution in [0.25, 0.3) is 0 Å². The number of carbonyl (C=O) groups is 1. The summed E-state index contributed by atoms with van der Waals surface area (Å²) in [5, 5.41) is 6.49. The minimum Gasteiger partial charge on any atom is -0.466 e. The highest BCUT2D eigenvalue weighted by molar-refractivity contribution is 5.84. The van der Waals surface area contributed by atoms with Crippen molar-refractivity contribution in [1.29, 1.82) is 5.41 Å². The van der Waals surface area contributed by atoms with Crippen LogP contribution in [0.4, 0.5) is 0 Å². The highest BCUT2D eigenvalue weighted by atomic mass is 16.5. The van der Waals surface area contributed by atoms with E-state index in [0.29, 0.717) is 6.61 Å². The van der Waals surface area contributed by atoms with E-state index in [1.165, 1.54) is 0 Å². The molecule has 3 nitrogen and oxygen atoms in total. The Hall–Kier alpha value is -0.860. The van der Waals surface area contributed by atoms with Gasteiger partial charge in [-0.2, -0.15) is 0 Å². The molecule has 0 atom stereocenters. The summed E-state index contributed by atoms with van der Waals surface area (Å²) < 4.78 is 4.49. The molecule has 0 spiro atoms. The number of hydrogen-bond donors (Lipinski definition) is 1. The molecule has 0 aliphatic heterocycles. The molecule has 0 unspecified atom stereocenters. The Kier molecular flexibility index (Phi) is 3.84. The molecule has 0 aromatic carbocycles. The number of hydrogen-bond acceptors (Lipinski definition) is 3. The maximum absolute atomic E-state index is 10.3. The number of carbonyl (C=O) groups excluding carboxylic acids is 1. The molecule has 0 aromatic heterocycles. The van der Waals surface area contributed by atoms with E-state index >= 15 is 0 Å². The Morgan fingerprint density at radius 2 is 2.50 bits per heavy atom. The first-order chi connectivity index (χ1) is 3.81. The Morgan fingerprint density at radius 3 is 2.88 bits per heavy atom. The molecule has 8 heavy (non-hydrogen) atoms. The van der Waals surface area contributed by atoms with Gasteiger partial charge in [-0.05, 0) is 6.92 Å². The van der Waals surface area contributed by atoms with Crippen LogP contribution in [-0.2, 0) is 9.53 Å². The fourth-order valence-electron chi connectivity index (χ4n) is 0.303. The van der Waals surface area contributed by atoms with Crippen LogP contribution < -0.4 is 0 Å². The van der Waals surface area contributed by atoms with Crippen molar-refractivity contribution >= 4 is 12.2 Å². The molecule has 0 aromatic rings. The van der Waals surface area contributed by atoms with Crippen LogP contribution in [0.1, 0.15) is 13.3 Å². The van der Waals surface area contributed by atoms with Crippen molar-refractivity contribution < 1.29 is 9.53 Å². The fourth-order valence-corrected chi connectivity index (χ4v) is 0.303. The molecule has 0 bridgehead atoms. The molecule has 0 aliphatic carbocycles. The van der Waals surface area contributed by atoms with Crippen LogP contribution in [0.2, 0.25) is 0 Å². The molecule has 0 saturated heterocycles. The van der Waals surface area contributed by atoms with E-state index in [9.17, 15) is 4.79 Å². The van der Waals surface area contributed by atoms with Gasteiger partial charge >= 0.3 is 5.97 Å². The lowest BCUT2D eigenvalue weighted by Crippen LogP contribution is -2.02. The van der Waals surface area contributed by atoms with Gasteiger partial charge in [0.15, 0.2) is 0 Å². The lowest BCUT2D eigenvalue weighted by molar-refractivity contribution is -0.141. The molecule has 0 aliphatic rings. The van der Waals surface area contributed by atoms with E-state index in [2.05, 4.69) is 4.74 Å². The SMILES string of the molecule is CCOC(=O)CC=N. The van der Waals surface area contributed by atoms with Crippen LogP contribution in [0.5, 0.6) is 0 Å². The molecule has 1 N–H and O–H groups in total. The Morgan fingerprint density at radius 1 is 1.88 bits per heavy atom. The summed E-state index contributed by atoms with van der Waals surface area (Å²) in [6, 6.07) is 0. The highest BCUT2D eigenvalue weighted by Gasteiger charge is 1.94. The zero-order valence-electron chi connectivity index (χ0n) is 4.81. The third-order valence-electron chi connectivity index (χ3n) is 0.574. The summed E-state index contributed by atoms with van der Waals surface area (Å²) >= 11 is 0. The van der Waals surface area contributed by atoms with Gasteiger partial charge in [-0.1, -0.05) is 0 Å². The second-order valence-electron chi connectivity index (χ2n) is 1.21. The van der Waals surface area contributed by atoms with Crippen molar-refractivity contribution in [3.05, 3.63) is 0 Å². The van der Waals surface area contributed by atoms with Crippen LogP contribution in [0, 0.1) is 5.41 Å². The number of nitrogens with one attached hydrogen (secondary N) is 1. The van der Waals surface area contributed by atoms with E-state index in [-0.39, 0.29) is 12.4 Å². The van der Waals surface area contributed by atoms with Crippen molar-refractivity contribution in [2.45, 2.75) is 13.3 Å². The van der Waals surface area contributed by atoms with Gasteiger partial charge in [0, 0.05) is 6.21 Å². The third-order valence-corrected chi connectivity index (χ3v) is 0.574. The normalized spacial score (nSPS) is 8.12. The zero-order chi connectivity index (χ0) is 6.41. The van der Waals surface area contributed by atoms with Gasteiger partial charge in [-0.3, -0.25) is 4.79 Å². The molecule has 0 radical (unpaired) electrons. The smallest absolute Gasteiger partial charge is 0.311 e. The lowest BCUT2D eigenvalue weighted by Gasteiger charge is -1.94. The maximum Gasteiger partial charge on any atom is 0.311 e. The second-order valence-corrected chi connectivity index (χ2v) is 1.21. The lowest BCUT2D eigenvalue weighted by atomic mass is 10.5. The van der Waals surface area contributed by atoms with Crippen LogP contribution in [0.15, 0.2) is 0 Å². The summed E-state index contributed by atoms with van der Waals surface area (Å²) in [6.07, 6.45) is 1.12. The summed E-state index contributed by atoms with van der Waals surface area (Å²) in [7, 11) is 0. The summed E-state index contributed by atoms with van der Waals surface area (Å²) in [5.41, 5.74) is 0. The van der Waals surface area contributed by atoms with Crippen LogP contribution in [0.3, 0.4) is 0 Å². The molecule has 46 valence electrons. The van der Waals surface area contributed by atoms with E-state index in [0.717, 1.165) is 6.21 Å². The number of esters is 1. The molecule has 3 heteroatoms. The summed E-state index contributed by atoms with van der Waals surface area (Å²) in [6.45, 7) is 2.13. The first-order valence-corrected chi connectivity index (χ1v) is 2.45. The summed E-state index contributed by atoms with van der Waals surface area (Å²) in [5.74, 6) is -0.331. The van der Waals surface area contributed by atoms with Crippen molar-refractivity contribution in [1.82, 2.24) is 0 Å². The van der Waals surface area contributed by atoms with Gasteiger partial charge in [-0.15, -0.1) is 0 Å². The second kappa shape index (κ2) is 4.30. The monoisotopic (exact) mass is 115 g/mol. The highest BCUT2D eigenvalue weighted by Crippen LogP contribution is 1.79. The molecular formula is C5H9NO2. The van der Waals surface area contributed by atoms with Gasteiger partial charge in [0.2, 0.25) is 0 Å². The van der Waals surface area contributed by atoms with Crippen molar-refractivity contribution in [2.24, 2.45) is 0 Å². The standard InChI is InChI=1S/C5H9NO2/c1-2-8-5(7)3-4-6/h4,6H,2-3H2,1H3. The number of ether oxygens (including phenoxy) is 1. The zero-order valence-corrected chi connectivity index (χ0v) is 4.81. The fraction of sp³-hybridized carbons (Fsp3) is 0.600. The molecule has 0 fully saturated rings. The Bertz CT molecular complexity index is 90.4. The largest absolute Gasteiger partial charge is 0.466 e. The number of rotatable bonds is 3. The first kappa shape index (κ1) is 7.14.